The molecular weight excluding hydrogens is 401 g/mol. The van der Waals surface area contributed by atoms with Crippen LogP contribution < -0.4 is 4.72 Å². The molecule has 0 aliphatic carbocycles. The Bertz CT molecular complexity index is 103. The minimum atomic E-state index is -2.47. The first-order valence-corrected chi connectivity index (χ1v) is 2.75. The minimum Gasteiger partial charge on any atom is -0.760 e. The van der Waals surface area contributed by atoms with Gasteiger partial charge in [-0.15, -0.1) is 0 Å². The Morgan fingerprint density at radius 3 is 2.33 bits per heavy atom. The summed E-state index contributed by atoms with van der Waals surface area (Å²) in [6.45, 7) is -0.559. The van der Waals surface area contributed by atoms with Gasteiger partial charge in [-0.05, 0) is 0 Å². The van der Waals surface area contributed by atoms with E-state index >= 15 is 0 Å². The van der Waals surface area contributed by atoms with Crippen LogP contribution in [0.25, 0.3) is 0 Å². The molecule has 9 heavy (non-hydrogen) atoms. The van der Waals surface area contributed by atoms with Gasteiger partial charge in [-0.3, -0.25) is 9.00 Å². The van der Waals surface area contributed by atoms with Gasteiger partial charge in [0.2, 0.25) is 0 Å². The maximum atomic E-state index is 9.57. The zero-order valence-corrected chi connectivity index (χ0v) is 11.7. The number of carbonyl (C=O) groups is 1. The van der Waals surface area contributed by atoms with Crippen molar-refractivity contribution in [3.8, 4) is 0 Å². The van der Waals surface area contributed by atoms with Gasteiger partial charge < -0.3 is 9.66 Å². The summed E-state index contributed by atoms with van der Waals surface area (Å²) in [6.07, 6.45) is 0. The van der Waals surface area contributed by atoms with Gasteiger partial charge in [-0.1, -0.05) is 0 Å². The number of nitrogens with one attached hydrogen (secondary N) is 1. The van der Waals surface area contributed by atoms with Gasteiger partial charge in [-0.25, -0.2) is 4.72 Å². The Kier molecular flexibility index (Phi) is 5.48. The van der Waals surface area contributed by atoms with E-state index in [-0.39, 0.29) is 0 Å². The van der Waals surface area contributed by atoms with Crippen LogP contribution >= 0.6 is 0 Å². The van der Waals surface area contributed by atoms with Gasteiger partial charge in [0.15, 0.2) is 0 Å². The molecule has 2 N–H and O–H groups in total. The molecule has 1 atom stereocenters. The van der Waals surface area contributed by atoms with Gasteiger partial charge in [0, 0.05) is 11.3 Å². The number of rotatable bonds is 3. The Balaban J connectivity index is 0. The molecular formula is C2H4NO4RfS-. The number of carboxylic acids is 1. The molecule has 0 amide bonds. The van der Waals surface area contributed by atoms with E-state index in [1.807, 2.05) is 0 Å². The summed E-state index contributed by atoms with van der Waals surface area (Å²) in [7, 11) is 0. The summed E-state index contributed by atoms with van der Waals surface area (Å²) in [4.78, 5) is 9.57. The molecule has 0 fully saturated rings. The summed E-state index contributed by atoms with van der Waals surface area (Å²) in [5, 5.41) is 7.83. The molecule has 0 aliphatic rings. The predicted octanol–water partition coefficient (Wildman–Crippen LogP) is -1.55. The van der Waals surface area contributed by atoms with Crippen molar-refractivity contribution in [3.63, 3.8) is 0 Å². The van der Waals surface area contributed by atoms with Crippen molar-refractivity contribution in [1.82, 2.24) is 4.72 Å². The molecule has 0 heterocycles. The van der Waals surface area contributed by atoms with Crippen LogP contribution in [0, 0.1) is 0 Å². The maximum Gasteiger partial charge on any atom is 0.318 e. The van der Waals surface area contributed by atoms with Crippen LogP contribution in [0.4, 0.5) is 0 Å². The van der Waals surface area contributed by atoms with Crippen molar-refractivity contribution in [3.05, 3.63) is 0 Å². The number of aliphatic carboxylic acids is 1. The van der Waals surface area contributed by atoms with Crippen molar-refractivity contribution < 1.29 is 18.7 Å². The number of carboxylic acid groups (broad SMARTS) is 1. The van der Waals surface area contributed by atoms with Crippen LogP contribution in [0.2, 0.25) is 0 Å². The van der Waals surface area contributed by atoms with Crippen LogP contribution in [0.3, 0.4) is 0 Å². The third-order valence-electron chi connectivity index (χ3n) is 0.341. The predicted molar refractivity (Wildman–Crippen MR) is 24.6 cm³/mol. The summed E-state index contributed by atoms with van der Waals surface area (Å²) in [6, 6.07) is 0. The fraction of sp³-hybridized carbons (Fsp3) is 0.500. The molecule has 0 radical (unpaired) electrons. The van der Waals surface area contributed by atoms with Crippen molar-refractivity contribution in [1.29, 1.82) is 0 Å². The molecule has 1 unspecified atom stereocenters. The van der Waals surface area contributed by atoms with Crippen molar-refractivity contribution >= 4 is 17.2 Å². The minimum absolute atomic E-state index is 0. The normalized spacial score (nSPS) is 11.7. The number of hydrogen-bond acceptors (Lipinski definition) is 3. The Morgan fingerprint density at radius 2 is 2.22 bits per heavy atom. The van der Waals surface area contributed by atoms with E-state index in [0.29, 0.717) is 0 Å². The van der Waals surface area contributed by atoms with Crippen LogP contribution in [0.1, 0.15) is 0 Å². The molecule has 0 saturated carbocycles. The fourth-order valence-electron chi connectivity index (χ4n) is 0.121. The van der Waals surface area contributed by atoms with Gasteiger partial charge in [-0.2, -0.15) is 0 Å². The second-order valence-corrected chi connectivity index (χ2v) is 1.71. The van der Waals surface area contributed by atoms with Gasteiger partial charge in [0.05, 0.1) is 0 Å². The molecule has 0 saturated heterocycles. The van der Waals surface area contributed by atoms with Crippen molar-refractivity contribution in [2.24, 2.45) is 0 Å². The second-order valence-electron chi connectivity index (χ2n) is 0.950. The van der Waals surface area contributed by atoms with Crippen LogP contribution in [0.5, 0.6) is 0 Å². The first kappa shape index (κ1) is 10.5. The standard InChI is InChI=1S/C2H5NO4S.Rf/c4-2(5)1-3-8(6)7;/h3H,1H2,(H,4,5)(H,6,7);/p-1. The topological polar surface area (TPSA) is 89.5 Å². The third kappa shape index (κ3) is 10.8. The van der Waals surface area contributed by atoms with Crippen LogP contribution in [0.15, 0.2) is 0 Å². The first-order valence-electron chi connectivity index (χ1n) is 1.67. The summed E-state index contributed by atoms with van der Waals surface area (Å²) >= 11 is -2.47. The Labute approximate surface area is 48.1 Å². The number of hydrogen-bond donors (Lipinski definition) is 2. The van der Waals surface area contributed by atoms with Crippen molar-refractivity contribution in [2.45, 2.75) is 0 Å². The quantitative estimate of drug-likeness (QED) is 0.557. The van der Waals surface area contributed by atoms with Crippen molar-refractivity contribution in [2.75, 3.05) is 6.54 Å². The van der Waals surface area contributed by atoms with Crippen LogP contribution in [-0.2, 0) is 16.1 Å². The van der Waals surface area contributed by atoms with Gasteiger partial charge in [0.1, 0.15) is 6.54 Å². The Hall–Kier alpha value is -1.46. The molecule has 0 rings (SSSR count). The molecule has 0 aromatic heterocycles. The van der Waals surface area contributed by atoms with E-state index in [1.54, 1.807) is 4.72 Å². The summed E-state index contributed by atoms with van der Waals surface area (Å²) < 4.78 is 20.7. The summed E-state index contributed by atoms with van der Waals surface area (Å²) in [5.74, 6) is -1.20. The zero-order chi connectivity index (χ0) is 6.57. The molecule has 5 nitrogen and oxygen atoms in total. The van der Waals surface area contributed by atoms with Crippen LogP contribution in [-0.4, -0.2) is 26.4 Å². The van der Waals surface area contributed by atoms with Gasteiger partial charge >= 0.3 is 5.97 Å². The summed E-state index contributed by atoms with van der Waals surface area (Å²) in [5.41, 5.74) is 0. The molecule has 0 aromatic rings. The molecule has 0 aliphatic heterocycles. The second kappa shape index (κ2) is 4.69. The van der Waals surface area contributed by atoms with E-state index in [4.69, 9.17) is 5.11 Å². The average Bonchev–Trinajstić information content (AvgIpc) is 1.61. The smallest absolute Gasteiger partial charge is 0.318 e. The maximum absolute atomic E-state index is 9.57. The average molecular weight is 405 g/mol. The van der Waals surface area contributed by atoms with E-state index in [1.165, 1.54) is 0 Å². The van der Waals surface area contributed by atoms with E-state index in [9.17, 15) is 13.6 Å². The molecule has 0 aromatic carbocycles. The van der Waals surface area contributed by atoms with E-state index in [2.05, 4.69) is 0 Å². The van der Waals surface area contributed by atoms with Gasteiger partial charge in [0.25, 0.3) is 0 Å². The monoisotopic (exact) mass is 405 g/mol. The fourth-order valence-corrected chi connectivity index (χ4v) is 0.362. The van der Waals surface area contributed by atoms with E-state index < -0.39 is 23.8 Å². The first-order chi connectivity index (χ1) is 3.63. The molecule has 0 bridgehead atoms. The Morgan fingerprint density at radius 1 is 1.78 bits per heavy atom. The van der Waals surface area contributed by atoms with E-state index in [0.717, 1.165) is 0 Å². The third-order valence-corrected chi connectivity index (χ3v) is 0.721. The molecule has 0 spiro atoms. The zero-order valence-electron chi connectivity index (χ0n) is 4.49. The molecule has 50 valence electrons. The largest absolute Gasteiger partial charge is 0.760 e. The SMILES string of the molecule is O=C(O)CNS(=O)[O-].[Rf]. The molecule has 7 heteroatoms.